The van der Waals surface area contributed by atoms with E-state index in [9.17, 15) is 0 Å². The summed E-state index contributed by atoms with van der Waals surface area (Å²) in [5.74, 6) is 0.128. The molecule has 0 spiro atoms. The van der Waals surface area contributed by atoms with Crippen LogP contribution in [0, 0.1) is 0 Å². The van der Waals surface area contributed by atoms with Crippen LogP contribution in [0.1, 0.15) is 24.5 Å². The van der Waals surface area contributed by atoms with Crippen LogP contribution >= 0.6 is 15.9 Å². The van der Waals surface area contributed by atoms with Gasteiger partial charge in [-0.05, 0) is 23.6 Å². The summed E-state index contributed by atoms with van der Waals surface area (Å²) in [6.07, 6.45) is 2.23. The molecule has 15 heavy (non-hydrogen) atoms. The van der Waals surface area contributed by atoms with Gasteiger partial charge in [-0.1, -0.05) is 41.4 Å². The maximum Gasteiger partial charge on any atom is 0.186 e. The SMILES string of the molecule is CCCc1ccc(CN=C(N)N)cc1Br. The molecule has 0 aliphatic rings. The van der Waals surface area contributed by atoms with E-state index in [0.717, 1.165) is 22.9 Å². The van der Waals surface area contributed by atoms with Gasteiger partial charge >= 0.3 is 0 Å². The number of guanidine groups is 1. The molecule has 82 valence electrons. The number of aliphatic imine (C=N–C) groups is 1. The van der Waals surface area contributed by atoms with E-state index in [0.29, 0.717) is 6.54 Å². The summed E-state index contributed by atoms with van der Waals surface area (Å²) in [6, 6.07) is 6.24. The Bertz CT molecular complexity index is 357. The monoisotopic (exact) mass is 269 g/mol. The third-order valence-electron chi connectivity index (χ3n) is 2.08. The van der Waals surface area contributed by atoms with Crippen molar-refractivity contribution in [2.75, 3.05) is 0 Å². The van der Waals surface area contributed by atoms with E-state index < -0.39 is 0 Å². The van der Waals surface area contributed by atoms with Gasteiger partial charge in [0.1, 0.15) is 0 Å². The Balaban J connectivity index is 2.77. The molecule has 4 heteroatoms. The smallest absolute Gasteiger partial charge is 0.186 e. The third-order valence-corrected chi connectivity index (χ3v) is 2.82. The van der Waals surface area contributed by atoms with Crippen LogP contribution in [0.4, 0.5) is 0 Å². The van der Waals surface area contributed by atoms with Gasteiger partial charge in [0.2, 0.25) is 0 Å². The highest BCUT2D eigenvalue weighted by Crippen LogP contribution is 2.20. The molecule has 1 aromatic carbocycles. The molecule has 0 amide bonds. The molecule has 1 aromatic rings. The number of nitrogens with zero attached hydrogens (tertiary/aromatic N) is 1. The van der Waals surface area contributed by atoms with Crippen LogP contribution in [0.3, 0.4) is 0 Å². The van der Waals surface area contributed by atoms with Gasteiger partial charge in [-0.3, -0.25) is 0 Å². The molecule has 0 saturated heterocycles. The van der Waals surface area contributed by atoms with Crippen molar-refractivity contribution in [2.45, 2.75) is 26.3 Å². The van der Waals surface area contributed by atoms with Gasteiger partial charge in [-0.15, -0.1) is 0 Å². The van der Waals surface area contributed by atoms with E-state index in [1.54, 1.807) is 0 Å². The highest BCUT2D eigenvalue weighted by Gasteiger charge is 2.00. The van der Waals surface area contributed by atoms with Gasteiger partial charge in [0.05, 0.1) is 6.54 Å². The molecule has 0 aromatic heterocycles. The fourth-order valence-corrected chi connectivity index (χ4v) is 1.97. The number of nitrogens with two attached hydrogens (primary N) is 2. The van der Waals surface area contributed by atoms with Gasteiger partial charge in [-0.2, -0.15) is 0 Å². The maximum atomic E-state index is 5.27. The van der Waals surface area contributed by atoms with Gasteiger partial charge in [0, 0.05) is 4.47 Å². The molecule has 0 unspecified atom stereocenters. The van der Waals surface area contributed by atoms with Gasteiger partial charge in [0.15, 0.2) is 5.96 Å². The molecule has 0 saturated carbocycles. The molecular formula is C11H16BrN3. The number of aryl methyl sites for hydroxylation is 1. The molecule has 0 atom stereocenters. The zero-order chi connectivity index (χ0) is 11.3. The topological polar surface area (TPSA) is 64.4 Å². The second-order valence-corrected chi connectivity index (χ2v) is 4.27. The lowest BCUT2D eigenvalue weighted by molar-refractivity contribution is 0.913. The molecule has 0 radical (unpaired) electrons. The zero-order valence-electron chi connectivity index (χ0n) is 8.83. The minimum atomic E-state index is 0.128. The van der Waals surface area contributed by atoms with Crippen LogP contribution in [0.5, 0.6) is 0 Å². The van der Waals surface area contributed by atoms with E-state index in [4.69, 9.17) is 11.5 Å². The number of benzene rings is 1. The molecule has 0 heterocycles. The minimum absolute atomic E-state index is 0.128. The second kappa shape index (κ2) is 5.75. The third kappa shape index (κ3) is 3.91. The van der Waals surface area contributed by atoms with Gasteiger partial charge < -0.3 is 11.5 Å². The summed E-state index contributed by atoms with van der Waals surface area (Å²) in [6.45, 7) is 2.70. The first-order valence-electron chi connectivity index (χ1n) is 4.96. The van der Waals surface area contributed by atoms with Crippen LogP contribution in [0.2, 0.25) is 0 Å². The first-order valence-corrected chi connectivity index (χ1v) is 5.75. The second-order valence-electron chi connectivity index (χ2n) is 3.42. The van der Waals surface area contributed by atoms with Gasteiger partial charge in [0.25, 0.3) is 0 Å². The van der Waals surface area contributed by atoms with Crippen molar-refractivity contribution in [3.05, 3.63) is 33.8 Å². The summed E-state index contributed by atoms with van der Waals surface area (Å²) in [4.78, 5) is 3.96. The Labute approximate surface area is 98.7 Å². The summed E-state index contributed by atoms with van der Waals surface area (Å²) >= 11 is 3.54. The largest absolute Gasteiger partial charge is 0.370 e. The Morgan fingerprint density at radius 3 is 2.67 bits per heavy atom. The highest BCUT2D eigenvalue weighted by molar-refractivity contribution is 9.10. The lowest BCUT2D eigenvalue weighted by atomic mass is 10.1. The van der Waals surface area contributed by atoms with Crippen LogP contribution < -0.4 is 11.5 Å². The number of hydrogen-bond acceptors (Lipinski definition) is 1. The van der Waals surface area contributed by atoms with E-state index in [2.05, 4.69) is 46.0 Å². The molecule has 0 aliphatic carbocycles. The van der Waals surface area contributed by atoms with Crippen molar-refractivity contribution in [3.63, 3.8) is 0 Å². The predicted molar refractivity (Wildman–Crippen MR) is 67.7 cm³/mol. The lowest BCUT2D eigenvalue weighted by Gasteiger charge is -2.04. The van der Waals surface area contributed by atoms with Crippen LogP contribution in [-0.2, 0) is 13.0 Å². The number of hydrogen-bond donors (Lipinski definition) is 2. The number of halogens is 1. The minimum Gasteiger partial charge on any atom is -0.370 e. The van der Waals surface area contributed by atoms with Crippen molar-refractivity contribution in [1.29, 1.82) is 0 Å². The maximum absolute atomic E-state index is 5.27. The average Bonchev–Trinajstić information content (AvgIpc) is 2.19. The summed E-state index contributed by atoms with van der Waals surface area (Å²) < 4.78 is 1.13. The quantitative estimate of drug-likeness (QED) is 0.650. The van der Waals surface area contributed by atoms with Crippen LogP contribution in [0.25, 0.3) is 0 Å². The normalized spacial score (nSPS) is 10.0. The molecule has 0 fully saturated rings. The Morgan fingerprint density at radius 1 is 1.40 bits per heavy atom. The van der Waals surface area contributed by atoms with Crippen LogP contribution in [0.15, 0.2) is 27.7 Å². The molecule has 0 aliphatic heterocycles. The van der Waals surface area contributed by atoms with Gasteiger partial charge in [-0.25, -0.2) is 4.99 Å². The fourth-order valence-electron chi connectivity index (χ4n) is 1.34. The molecule has 1 rings (SSSR count). The van der Waals surface area contributed by atoms with Crippen molar-refractivity contribution < 1.29 is 0 Å². The molecule has 3 nitrogen and oxygen atoms in total. The Hall–Kier alpha value is -1.03. The first kappa shape index (κ1) is 12.0. The van der Waals surface area contributed by atoms with E-state index in [1.807, 2.05) is 0 Å². The highest BCUT2D eigenvalue weighted by atomic mass is 79.9. The van der Waals surface area contributed by atoms with E-state index >= 15 is 0 Å². The summed E-state index contributed by atoms with van der Waals surface area (Å²) in [5.41, 5.74) is 13.0. The van der Waals surface area contributed by atoms with Crippen molar-refractivity contribution in [3.8, 4) is 0 Å². The molecule has 4 N–H and O–H groups in total. The first-order chi connectivity index (χ1) is 7.13. The van der Waals surface area contributed by atoms with E-state index in [1.165, 1.54) is 5.56 Å². The van der Waals surface area contributed by atoms with Crippen molar-refractivity contribution in [2.24, 2.45) is 16.5 Å². The predicted octanol–water partition coefficient (Wildman–Crippen LogP) is 2.17. The van der Waals surface area contributed by atoms with Crippen molar-refractivity contribution >= 4 is 21.9 Å². The Morgan fingerprint density at radius 2 is 2.13 bits per heavy atom. The Kier molecular flexibility index (Phi) is 4.62. The van der Waals surface area contributed by atoms with E-state index in [-0.39, 0.29) is 5.96 Å². The molecule has 0 bridgehead atoms. The standard InChI is InChI=1S/C11H16BrN3/c1-2-3-9-5-4-8(6-10(9)12)7-15-11(13)14/h4-6H,2-3,7H2,1H3,(H4,13,14,15). The lowest BCUT2D eigenvalue weighted by Crippen LogP contribution is -2.22. The van der Waals surface area contributed by atoms with Crippen LogP contribution in [-0.4, -0.2) is 5.96 Å². The summed E-state index contributed by atoms with van der Waals surface area (Å²) in [7, 11) is 0. The molecular weight excluding hydrogens is 254 g/mol. The average molecular weight is 270 g/mol. The summed E-state index contributed by atoms with van der Waals surface area (Å²) in [5, 5.41) is 0. The van der Waals surface area contributed by atoms with Crippen molar-refractivity contribution in [1.82, 2.24) is 0 Å². The zero-order valence-corrected chi connectivity index (χ0v) is 10.4. The number of rotatable bonds is 4. The fraction of sp³-hybridized carbons (Fsp3) is 0.364.